The van der Waals surface area contributed by atoms with Crippen LogP contribution in [0, 0.1) is 5.82 Å². The van der Waals surface area contributed by atoms with E-state index in [9.17, 15) is 14.0 Å². The van der Waals surface area contributed by atoms with Gasteiger partial charge in [0.25, 0.3) is 11.5 Å². The number of aromatic nitrogens is 5. The molecule has 8 nitrogen and oxygen atoms in total. The van der Waals surface area contributed by atoms with Gasteiger partial charge in [0.1, 0.15) is 11.6 Å². The van der Waals surface area contributed by atoms with Crippen molar-refractivity contribution in [2.24, 2.45) is 0 Å². The van der Waals surface area contributed by atoms with Gasteiger partial charge in [0.15, 0.2) is 11.2 Å². The predicted molar refractivity (Wildman–Crippen MR) is 134 cm³/mol. The Bertz CT molecular complexity index is 1470. The molecule has 4 aromatic rings. The first-order chi connectivity index (χ1) is 17.2. The van der Waals surface area contributed by atoms with Gasteiger partial charge in [-0.05, 0) is 53.6 Å². The largest absolute Gasteiger partial charge is 0.338 e. The van der Waals surface area contributed by atoms with E-state index in [4.69, 9.17) is 4.98 Å². The molecule has 2 aromatic heterocycles. The van der Waals surface area contributed by atoms with Crippen LogP contribution >= 0.6 is 0 Å². The first kappa shape index (κ1) is 23.8. The molecule has 3 heterocycles. The van der Waals surface area contributed by atoms with Crippen molar-refractivity contribution in [2.75, 3.05) is 13.1 Å². The van der Waals surface area contributed by atoms with Gasteiger partial charge in [-0.1, -0.05) is 50.3 Å². The molecule has 0 bridgehead atoms. The number of carbonyl (C=O) groups is 1. The van der Waals surface area contributed by atoms with Crippen LogP contribution in [0.3, 0.4) is 0 Å². The number of hydrogen-bond donors (Lipinski definition) is 1. The third kappa shape index (κ3) is 4.78. The number of nitrogens with zero attached hydrogens (tertiary/aromatic N) is 5. The van der Waals surface area contributed by atoms with E-state index >= 15 is 0 Å². The van der Waals surface area contributed by atoms with Crippen molar-refractivity contribution >= 4 is 17.1 Å². The van der Waals surface area contributed by atoms with E-state index in [1.165, 1.54) is 22.4 Å². The van der Waals surface area contributed by atoms with Gasteiger partial charge in [-0.15, -0.1) is 5.10 Å². The van der Waals surface area contributed by atoms with E-state index in [-0.39, 0.29) is 40.7 Å². The number of aromatic amines is 1. The van der Waals surface area contributed by atoms with Crippen molar-refractivity contribution in [1.29, 1.82) is 0 Å². The number of halogens is 1. The summed E-state index contributed by atoms with van der Waals surface area (Å²) in [7, 11) is 0. The van der Waals surface area contributed by atoms with Crippen LogP contribution in [0.4, 0.5) is 4.39 Å². The highest BCUT2D eigenvalue weighted by atomic mass is 19.1. The Kier molecular flexibility index (Phi) is 6.15. The van der Waals surface area contributed by atoms with Gasteiger partial charge in [-0.25, -0.2) is 14.1 Å². The average Bonchev–Trinajstić information content (AvgIpc) is 3.26. The van der Waals surface area contributed by atoms with Crippen LogP contribution in [0.2, 0.25) is 0 Å². The molecule has 0 radical (unpaired) electrons. The summed E-state index contributed by atoms with van der Waals surface area (Å²) in [6.45, 7) is 7.78. The van der Waals surface area contributed by atoms with Gasteiger partial charge in [0.05, 0.1) is 6.54 Å². The highest BCUT2D eigenvalue weighted by molar-refractivity contribution is 5.94. The highest BCUT2D eigenvalue weighted by Gasteiger charge is 2.28. The average molecular weight is 489 g/mol. The zero-order valence-electron chi connectivity index (χ0n) is 20.7. The van der Waals surface area contributed by atoms with E-state index in [1.807, 2.05) is 29.2 Å². The fourth-order valence-corrected chi connectivity index (χ4v) is 4.67. The summed E-state index contributed by atoms with van der Waals surface area (Å²) in [6.07, 6.45) is 1.60. The Morgan fingerprint density at radius 1 is 1.17 bits per heavy atom. The Labute approximate surface area is 208 Å². The number of amides is 1. The highest BCUT2D eigenvalue weighted by Crippen LogP contribution is 2.27. The second kappa shape index (κ2) is 9.29. The van der Waals surface area contributed by atoms with Crippen molar-refractivity contribution < 1.29 is 9.18 Å². The summed E-state index contributed by atoms with van der Waals surface area (Å²) in [5, 5.41) is 8.05. The molecule has 0 saturated carbocycles. The summed E-state index contributed by atoms with van der Waals surface area (Å²) in [5.41, 5.74) is 2.65. The summed E-state index contributed by atoms with van der Waals surface area (Å²) < 4.78 is 15.1. The minimum atomic E-state index is -0.373. The number of fused-ring (bicyclic) bond motifs is 1. The maximum absolute atomic E-state index is 13.6. The maximum atomic E-state index is 13.6. The zero-order valence-corrected chi connectivity index (χ0v) is 20.7. The van der Waals surface area contributed by atoms with Crippen LogP contribution in [0.5, 0.6) is 0 Å². The van der Waals surface area contributed by atoms with E-state index < -0.39 is 0 Å². The molecular weight excluding hydrogens is 459 g/mol. The van der Waals surface area contributed by atoms with Crippen LogP contribution in [-0.4, -0.2) is 48.9 Å². The third-order valence-electron chi connectivity index (χ3n) is 6.71. The minimum absolute atomic E-state index is 0.0179. The van der Waals surface area contributed by atoms with Gasteiger partial charge in [0, 0.05) is 24.6 Å². The third-order valence-corrected chi connectivity index (χ3v) is 6.71. The molecule has 0 aliphatic carbocycles. The Morgan fingerprint density at radius 3 is 2.67 bits per heavy atom. The lowest BCUT2D eigenvalue weighted by Crippen LogP contribution is -2.40. The number of hydrogen-bond acceptors (Lipinski definition) is 5. The molecular formula is C27H29FN6O2. The van der Waals surface area contributed by atoms with Crippen LogP contribution in [-0.2, 0) is 12.0 Å². The molecule has 9 heteroatoms. The molecule has 1 fully saturated rings. The molecule has 0 unspecified atom stereocenters. The van der Waals surface area contributed by atoms with Gasteiger partial charge in [-0.2, -0.15) is 0 Å². The Hall–Kier alpha value is -3.88. The molecule has 1 amide bonds. The van der Waals surface area contributed by atoms with Crippen molar-refractivity contribution in [3.63, 3.8) is 0 Å². The van der Waals surface area contributed by atoms with Crippen molar-refractivity contribution in [3.05, 3.63) is 87.2 Å². The standard InChI is InChI=1S/C27H29FN6O2/c1-27(2,3)20-11-9-18(10-12-20)26(36)33-13-5-7-19(16-33)23-29-24-22(25(35)30-23)31-32-34(24)15-17-6-4-8-21(28)14-17/h4,6,8-12,14,19H,5,7,13,15-16H2,1-3H3,(H,29,30,35)/t19-/m0/s1. The fraction of sp³-hybridized carbons (Fsp3) is 0.370. The van der Waals surface area contributed by atoms with E-state index in [0.717, 1.165) is 12.8 Å². The van der Waals surface area contributed by atoms with Crippen LogP contribution in [0.15, 0.2) is 53.3 Å². The lowest BCUT2D eigenvalue weighted by Gasteiger charge is -2.32. The van der Waals surface area contributed by atoms with Gasteiger partial charge >= 0.3 is 0 Å². The van der Waals surface area contributed by atoms with Gasteiger partial charge in [0.2, 0.25) is 0 Å². The minimum Gasteiger partial charge on any atom is -0.338 e. The number of H-pyrrole nitrogens is 1. The lowest BCUT2D eigenvalue weighted by atomic mass is 9.86. The van der Waals surface area contributed by atoms with Crippen LogP contribution in [0.1, 0.15) is 66.8 Å². The topological polar surface area (TPSA) is 96.8 Å². The summed E-state index contributed by atoms with van der Waals surface area (Å²) in [5.74, 6) is 0.0202. The van der Waals surface area contributed by atoms with Crippen LogP contribution in [0.25, 0.3) is 11.2 Å². The van der Waals surface area contributed by atoms with Gasteiger partial charge in [-0.3, -0.25) is 9.59 Å². The number of rotatable bonds is 4. The van der Waals surface area contributed by atoms with Crippen molar-refractivity contribution in [3.8, 4) is 0 Å². The maximum Gasteiger partial charge on any atom is 0.281 e. The molecule has 1 saturated heterocycles. The molecule has 2 aromatic carbocycles. The molecule has 1 aliphatic rings. The zero-order chi connectivity index (χ0) is 25.4. The molecule has 1 N–H and O–H groups in total. The molecule has 5 rings (SSSR count). The number of nitrogens with one attached hydrogen (secondary N) is 1. The number of likely N-dealkylation sites (tertiary alicyclic amines) is 1. The predicted octanol–water partition coefficient (Wildman–Crippen LogP) is 4.02. The van der Waals surface area contributed by atoms with E-state index in [1.54, 1.807) is 12.1 Å². The second-order valence-electron chi connectivity index (χ2n) is 10.4. The number of benzene rings is 2. The Balaban J connectivity index is 1.38. The Morgan fingerprint density at radius 2 is 1.94 bits per heavy atom. The second-order valence-corrected chi connectivity index (χ2v) is 10.4. The first-order valence-electron chi connectivity index (χ1n) is 12.2. The van der Waals surface area contributed by atoms with E-state index in [0.29, 0.717) is 35.7 Å². The lowest BCUT2D eigenvalue weighted by molar-refractivity contribution is 0.0704. The normalized spacial score (nSPS) is 16.4. The fourth-order valence-electron chi connectivity index (χ4n) is 4.67. The van der Waals surface area contributed by atoms with Gasteiger partial charge < -0.3 is 9.88 Å². The number of carbonyl (C=O) groups excluding carboxylic acids is 1. The molecule has 36 heavy (non-hydrogen) atoms. The monoisotopic (exact) mass is 488 g/mol. The molecule has 1 atom stereocenters. The first-order valence-corrected chi connectivity index (χ1v) is 12.2. The SMILES string of the molecule is CC(C)(C)c1ccc(C(=O)N2CCC[C@H](c3nc4c(nnn4Cc4cccc(F)c4)c(=O)[nH]3)C2)cc1. The summed E-state index contributed by atoms with van der Waals surface area (Å²) in [4.78, 5) is 35.4. The number of piperidine rings is 1. The summed E-state index contributed by atoms with van der Waals surface area (Å²) in [6, 6.07) is 14.0. The van der Waals surface area contributed by atoms with E-state index in [2.05, 4.69) is 36.1 Å². The quantitative estimate of drug-likeness (QED) is 0.468. The molecule has 0 spiro atoms. The van der Waals surface area contributed by atoms with Crippen molar-refractivity contribution in [1.82, 2.24) is 29.9 Å². The molecule has 186 valence electrons. The summed E-state index contributed by atoms with van der Waals surface area (Å²) >= 11 is 0. The van der Waals surface area contributed by atoms with Crippen molar-refractivity contribution in [2.45, 2.75) is 51.5 Å². The molecule has 1 aliphatic heterocycles. The van der Waals surface area contributed by atoms with Crippen LogP contribution < -0.4 is 5.56 Å². The smallest absolute Gasteiger partial charge is 0.281 e.